The van der Waals surface area contributed by atoms with Crippen molar-refractivity contribution in [2.24, 2.45) is 5.14 Å². The lowest BCUT2D eigenvalue weighted by Crippen LogP contribution is -2.16. The fourth-order valence-electron chi connectivity index (χ4n) is 1.63. The van der Waals surface area contributed by atoms with Crippen LogP contribution in [0.4, 0.5) is 0 Å². The van der Waals surface area contributed by atoms with Crippen molar-refractivity contribution in [3.8, 4) is 11.8 Å². The van der Waals surface area contributed by atoms with E-state index in [1.165, 1.54) is 0 Å². The molecule has 0 atom stereocenters. The smallest absolute Gasteiger partial charge is 0.209 e. The lowest BCUT2D eigenvalue weighted by molar-refractivity contribution is 0.304. The van der Waals surface area contributed by atoms with Gasteiger partial charge in [0.25, 0.3) is 0 Å². The number of hydrogen-bond acceptors (Lipinski definition) is 4. The highest BCUT2D eigenvalue weighted by molar-refractivity contribution is 7.89. The lowest BCUT2D eigenvalue weighted by atomic mass is 10.2. The zero-order valence-corrected chi connectivity index (χ0v) is 11.5. The number of unbranched alkanes of at least 4 members (excludes halogenated alkanes) is 3. The van der Waals surface area contributed by atoms with E-state index < -0.39 is 10.0 Å². The van der Waals surface area contributed by atoms with E-state index in [-0.39, 0.29) is 5.75 Å². The summed E-state index contributed by atoms with van der Waals surface area (Å²) in [4.78, 5) is 0. The second kappa shape index (κ2) is 7.77. The predicted octanol–water partition coefficient (Wildman–Crippen LogP) is 1.79. The van der Waals surface area contributed by atoms with Gasteiger partial charge in [-0.2, -0.15) is 5.26 Å². The zero-order valence-electron chi connectivity index (χ0n) is 10.7. The number of rotatable bonds is 8. The number of sulfonamides is 1. The summed E-state index contributed by atoms with van der Waals surface area (Å²) >= 11 is 0. The Balaban J connectivity index is 2.16. The van der Waals surface area contributed by atoms with Gasteiger partial charge in [-0.15, -0.1) is 0 Å². The minimum atomic E-state index is -3.34. The molecule has 0 heterocycles. The Morgan fingerprint density at radius 1 is 1.16 bits per heavy atom. The van der Waals surface area contributed by atoms with Gasteiger partial charge in [-0.3, -0.25) is 0 Å². The van der Waals surface area contributed by atoms with Gasteiger partial charge in [0.05, 0.1) is 17.9 Å². The Kier molecular flexibility index (Phi) is 6.33. The summed E-state index contributed by atoms with van der Waals surface area (Å²) < 4.78 is 26.9. The van der Waals surface area contributed by atoms with Gasteiger partial charge in [0.2, 0.25) is 10.0 Å². The van der Waals surface area contributed by atoms with Crippen molar-refractivity contribution in [2.75, 3.05) is 12.4 Å². The monoisotopic (exact) mass is 282 g/mol. The van der Waals surface area contributed by atoms with E-state index in [1.54, 1.807) is 18.2 Å². The molecule has 0 saturated heterocycles. The van der Waals surface area contributed by atoms with E-state index in [0.29, 0.717) is 24.3 Å². The Morgan fingerprint density at radius 2 is 1.84 bits per heavy atom. The van der Waals surface area contributed by atoms with Crippen molar-refractivity contribution in [1.29, 1.82) is 5.26 Å². The Hall–Kier alpha value is -1.58. The molecule has 0 fully saturated rings. The molecule has 0 spiro atoms. The number of ether oxygens (including phenoxy) is 1. The summed E-state index contributed by atoms with van der Waals surface area (Å²) in [5.41, 5.74) is 0.525. The minimum Gasteiger partial charge on any atom is -0.492 e. The van der Waals surface area contributed by atoms with Gasteiger partial charge in [-0.1, -0.05) is 25.0 Å². The first-order valence-electron chi connectivity index (χ1n) is 6.15. The van der Waals surface area contributed by atoms with Gasteiger partial charge in [-0.05, 0) is 25.0 Å². The molecule has 0 aliphatic heterocycles. The van der Waals surface area contributed by atoms with Crippen LogP contribution < -0.4 is 9.88 Å². The molecule has 0 aliphatic carbocycles. The van der Waals surface area contributed by atoms with Gasteiger partial charge in [0, 0.05) is 0 Å². The van der Waals surface area contributed by atoms with Crippen LogP contribution in [0.15, 0.2) is 24.3 Å². The van der Waals surface area contributed by atoms with Crippen LogP contribution in [0.5, 0.6) is 5.75 Å². The van der Waals surface area contributed by atoms with Crippen LogP contribution in [0.2, 0.25) is 0 Å². The SMILES string of the molecule is N#Cc1ccccc1OCCCCCCS(N)(=O)=O. The average Bonchev–Trinajstić information content (AvgIpc) is 2.37. The molecule has 104 valence electrons. The fraction of sp³-hybridized carbons (Fsp3) is 0.462. The summed E-state index contributed by atoms with van der Waals surface area (Å²) in [6.45, 7) is 0.522. The molecule has 19 heavy (non-hydrogen) atoms. The molecular formula is C13H18N2O3S. The van der Waals surface area contributed by atoms with E-state index in [2.05, 4.69) is 6.07 Å². The normalized spacial score (nSPS) is 10.9. The van der Waals surface area contributed by atoms with Crippen LogP contribution in [0.3, 0.4) is 0 Å². The molecule has 0 amide bonds. The van der Waals surface area contributed by atoms with E-state index in [1.807, 2.05) is 6.07 Å². The largest absolute Gasteiger partial charge is 0.492 e. The minimum absolute atomic E-state index is 0.0329. The van der Waals surface area contributed by atoms with E-state index in [4.69, 9.17) is 15.1 Å². The lowest BCUT2D eigenvalue weighted by Gasteiger charge is -2.07. The predicted molar refractivity (Wildman–Crippen MR) is 73.1 cm³/mol. The Morgan fingerprint density at radius 3 is 2.53 bits per heavy atom. The maximum absolute atomic E-state index is 10.7. The summed E-state index contributed by atoms with van der Waals surface area (Å²) in [5.74, 6) is 0.625. The molecule has 0 aromatic heterocycles. The maximum Gasteiger partial charge on any atom is 0.209 e. The van der Waals surface area contributed by atoms with Crippen molar-refractivity contribution < 1.29 is 13.2 Å². The quantitative estimate of drug-likeness (QED) is 0.735. The highest BCUT2D eigenvalue weighted by Gasteiger charge is 2.03. The summed E-state index contributed by atoms with van der Waals surface area (Å²) in [5, 5.41) is 13.8. The summed E-state index contributed by atoms with van der Waals surface area (Å²) in [6, 6.07) is 9.15. The number of primary sulfonamides is 1. The Labute approximate surface area is 114 Å². The van der Waals surface area contributed by atoms with Crippen LogP contribution in [0.25, 0.3) is 0 Å². The second-order valence-electron chi connectivity index (χ2n) is 4.24. The fourth-order valence-corrected chi connectivity index (χ4v) is 2.23. The number of benzene rings is 1. The zero-order chi connectivity index (χ0) is 14.1. The topological polar surface area (TPSA) is 93.2 Å². The molecule has 5 nitrogen and oxygen atoms in total. The highest BCUT2D eigenvalue weighted by atomic mass is 32.2. The van der Waals surface area contributed by atoms with Crippen LogP contribution in [-0.2, 0) is 10.0 Å². The number of nitrogens with zero attached hydrogens (tertiary/aromatic N) is 1. The third kappa shape index (κ3) is 6.79. The molecule has 0 bridgehead atoms. The highest BCUT2D eigenvalue weighted by Crippen LogP contribution is 2.16. The molecule has 2 N–H and O–H groups in total. The van der Waals surface area contributed by atoms with E-state index >= 15 is 0 Å². The first kappa shape index (κ1) is 15.5. The maximum atomic E-state index is 10.7. The Bertz CT molecular complexity index is 535. The molecule has 6 heteroatoms. The third-order valence-corrected chi connectivity index (χ3v) is 3.45. The van der Waals surface area contributed by atoms with Crippen LogP contribution in [0.1, 0.15) is 31.2 Å². The van der Waals surface area contributed by atoms with Crippen molar-refractivity contribution >= 4 is 10.0 Å². The van der Waals surface area contributed by atoms with Crippen LogP contribution >= 0.6 is 0 Å². The number of nitriles is 1. The number of nitrogens with two attached hydrogens (primary N) is 1. The van der Waals surface area contributed by atoms with Gasteiger partial charge in [0.1, 0.15) is 11.8 Å². The van der Waals surface area contributed by atoms with Gasteiger partial charge < -0.3 is 4.74 Å². The number of hydrogen-bond donors (Lipinski definition) is 1. The number of para-hydroxylation sites is 1. The average molecular weight is 282 g/mol. The summed E-state index contributed by atoms with van der Waals surface area (Å²) in [7, 11) is -3.34. The van der Waals surface area contributed by atoms with Crippen LogP contribution in [0, 0.1) is 11.3 Å². The third-order valence-electron chi connectivity index (χ3n) is 2.59. The molecule has 0 radical (unpaired) electrons. The standard InChI is InChI=1S/C13H18N2O3S/c14-11-12-7-3-4-8-13(12)18-9-5-1-2-6-10-19(15,16)17/h3-4,7-8H,1-2,5-6,9-10H2,(H2,15,16,17). The first-order chi connectivity index (χ1) is 9.03. The van der Waals surface area contributed by atoms with E-state index in [0.717, 1.165) is 19.3 Å². The van der Waals surface area contributed by atoms with Gasteiger partial charge in [0.15, 0.2) is 0 Å². The molecule has 1 rings (SSSR count). The van der Waals surface area contributed by atoms with E-state index in [9.17, 15) is 8.42 Å². The molecular weight excluding hydrogens is 264 g/mol. The van der Waals surface area contributed by atoms with Gasteiger partial charge in [-0.25, -0.2) is 13.6 Å². The second-order valence-corrected chi connectivity index (χ2v) is 5.97. The summed E-state index contributed by atoms with van der Waals surface area (Å²) in [6.07, 6.45) is 3.09. The molecule has 1 aromatic carbocycles. The van der Waals surface area contributed by atoms with Crippen molar-refractivity contribution in [1.82, 2.24) is 0 Å². The molecule has 1 aromatic rings. The molecule has 0 saturated carbocycles. The molecule has 0 unspecified atom stereocenters. The van der Waals surface area contributed by atoms with Crippen molar-refractivity contribution in [3.63, 3.8) is 0 Å². The molecule has 0 aliphatic rings. The van der Waals surface area contributed by atoms with Crippen molar-refractivity contribution in [2.45, 2.75) is 25.7 Å². The van der Waals surface area contributed by atoms with Crippen LogP contribution in [-0.4, -0.2) is 20.8 Å². The van der Waals surface area contributed by atoms with Gasteiger partial charge >= 0.3 is 0 Å². The van der Waals surface area contributed by atoms with Crippen molar-refractivity contribution in [3.05, 3.63) is 29.8 Å². The first-order valence-corrected chi connectivity index (χ1v) is 7.87.